The minimum Gasteiger partial charge on any atom is -0.508 e. The lowest BCUT2D eigenvalue weighted by molar-refractivity contribution is 0.473. The van der Waals surface area contributed by atoms with Gasteiger partial charge in [-0.2, -0.15) is 0 Å². The molecule has 0 amide bonds. The zero-order valence-corrected chi connectivity index (χ0v) is 13.8. The molecule has 0 spiro atoms. The van der Waals surface area contributed by atoms with Crippen LogP contribution in [0.2, 0.25) is 0 Å². The topological polar surface area (TPSA) is 62.8 Å². The fourth-order valence-electron chi connectivity index (χ4n) is 2.73. The van der Waals surface area contributed by atoms with Crippen molar-refractivity contribution in [3.05, 3.63) is 75.6 Å². The molecule has 1 N–H and O–H groups in total. The zero-order valence-electron chi connectivity index (χ0n) is 13.0. The van der Waals surface area contributed by atoms with Crippen LogP contribution in [0, 0.1) is 6.92 Å². The van der Waals surface area contributed by atoms with Crippen LogP contribution in [0.1, 0.15) is 22.7 Å². The van der Waals surface area contributed by atoms with Gasteiger partial charge in [0.25, 0.3) is 0 Å². The van der Waals surface area contributed by atoms with Gasteiger partial charge < -0.3 is 9.52 Å². The summed E-state index contributed by atoms with van der Waals surface area (Å²) in [6.07, 6.45) is 0. The first-order valence-corrected chi connectivity index (χ1v) is 8.63. The Morgan fingerprint density at radius 3 is 2.75 bits per heavy atom. The molecule has 1 aliphatic heterocycles. The van der Waals surface area contributed by atoms with E-state index in [0.29, 0.717) is 16.2 Å². The molecule has 120 valence electrons. The Bertz CT molecular complexity index is 1010. The minimum atomic E-state index is -0.427. The van der Waals surface area contributed by atoms with E-state index < -0.39 is 5.63 Å². The van der Waals surface area contributed by atoms with Crippen LogP contribution in [0.4, 0.5) is 0 Å². The Morgan fingerprint density at radius 1 is 1.17 bits per heavy atom. The number of phenolic OH excluding ortho intramolecular Hbond substituents is 1. The number of hydrogen-bond donors (Lipinski definition) is 1. The van der Waals surface area contributed by atoms with Gasteiger partial charge in [0.2, 0.25) is 0 Å². The fourth-order valence-corrected chi connectivity index (χ4v) is 3.81. The molecule has 1 aromatic heterocycles. The third-order valence-electron chi connectivity index (χ3n) is 4.06. The molecular formula is C19H15NO3S. The monoisotopic (exact) mass is 337 g/mol. The molecule has 0 saturated carbocycles. The molecule has 0 radical (unpaired) electrons. The minimum absolute atomic E-state index is 0.0560. The second-order valence-corrected chi connectivity index (χ2v) is 6.85. The van der Waals surface area contributed by atoms with Gasteiger partial charge in [0, 0.05) is 17.2 Å². The second kappa shape index (κ2) is 5.83. The van der Waals surface area contributed by atoms with Gasteiger partial charge >= 0.3 is 5.63 Å². The summed E-state index contributed by atoms with van der Waals surface area (Å²) in [7, 11) is 0. The SMILES string of the molecule is Cc1ccc(C2CSC(c3cc4ccc(O)cc4oc3=O)=N2)cc1. The van der Waals surface area contributed by atoms with Crippen LogP contribution in [0.15, 0.2) is 62.7 Å². The van der Waals surface area contributed by atoms with Gasteiger partial charge in [0.05, 0.1) is 11.6 Å². The summed E-state index contributed by atoms with van der Waals surface area (Å²) in [5.74, 6) is 0.885. The van der Waals surface area contributed by atoms with Crippen molar-refractivity contribution in [2.24, 2.45) is 4.99 Å². The smallest absolute Gasteiger partial charge is 0.346 e. The highest BCUT2D eigenvalue weighted by molar-refractivity contribution is 8.14. The normalized spacial score (nSPS) is 17.2. The summed E-state index contributed by atoms with van der Waals surface area (Å²) in [5.41, 5.74) is 2.80. The van der Waals surface area contributed by atoms with Gasteiger partial charge in [-0.25, -0.2) is 4.79 Å². The predicted octanol–water partition coefficient (Wildman–Crippen LogP) is 4.04. The molecule has 1 aliphatic rings. The Kier molecular flexibility index (Phi) is 3.65. The standard InChI is InChI=1S/C19H15NO3S/c1-11-2-4-12(5-3-11)16-10-24-18(20-16)15-8-13-6-7-14(21)9-17(13)23-19(15)22/h2-9,16,21H,10H2,1H3. The van der Waals surface area contributed by atoms with Gasteiger partial charge in [-0.3, -0.25) is 4.99 Å². The highest BCUT2D eigenvalue weighted by Gasteiger charge is 2.23. The lowest BCUT2D eigenvalue weighted by Gasteiger charge is -2.05. The van der Waals surface area contributed by atoms with Crippen LogP contribution in [0.25, 0.3) is 11.0 Å². The zero-order chi connectivity index (χ0) is 16.7. The van der Waals surface area contributed by atoms with Gasteiger partial charge in [0.15, 0.2) is 0 Å². The second-order valence-electron chi connectivity index (χ2n) is 5.84. The maximum absolute atomic E-state index is 12.3. The Labute approximate surface area is 142 Å². The summed E-state index contributed by atoms with van der Waals surface area (Å²) >= 11 is 1.57. The molecule has 2 heterocycles. The molecule has 2 aromatic carbocycles. The van der Waals surface area contributed by atoms with Gasteiger partial charge in [-0.15, -0.1) is 11.8 Å². The highest BCUT2D eigenvalue weighted by atomic mass is 32.2. The van der Waals surface area contributed by atoms with E-state index >= 15 is 0 Å². The Hall–Kier alpha value is -2.53. The molecule has 0 fully saturated rings. The number of nitrogens with zero attached hydrogens (tertiary/aromatic N) is 1. The van der Waals surface area contributed by atoms with Crippen molar-refractivity contribution in [1.29, 1.82) is 0 Å². The first kappa shape index (κ1) is 15.0. The lowest BCUT2D eigenvalue weighted by Crippen LogP contribution is -2.10. The summed E-state index contributed by atoms with van der Waals surface area (Å²) in [5, 5.41) is 11.0. The van der Waals surface area contributed by atoms with Gasteiger partial charge in [-0.05, 0) is 30.7 Å². The summed E-state index contributed by atoms with van der Waals surface area (Å²) < 4.78 is 5.33. The highest BCUT2D eigenvalue weighted by Crippen LogP contribution is 2.33. The maximum atomic E-state index is 12.3. The number of benzene rings is 2. The van der Waals surface area contributed by atoms with E-state index in [2.05, 4.69) is 31.2 Å². The number of aliphatic imine (C=N–C) groups is 1. The number of thioether (sulfide) groups is 1. The third-order valence-corrected chi connectivity index (χ3v) is 5.14. The van der Waals surface area contributed by atoms with Crippen molar-refractivity contribution in [1.82, 2.24) is 0 Å². The molecule has 4 rings (SSSR count). The summed E-state index contributed by atoms with van der Waals surface area (Å²) in [6.45, 7) is 2.06. The number of aryl methyl sites for hydroxylation is 1. The first-order chi connectivity index (χ1) is 11.6. The van der Waals surface area contributed by atoms with E-state index in [1.54, 1.807) is 30.0 Å². The number of aromatic hydroxyl groups is 1. The van der Waals surface area contributed by atoms with Crippen LogP contribution < -0.4 is 5.63 Å². The average molecular weight is 337 g/mol. The van der Waals surface area contributed by atoms with E-state index in [-0.39, 0.29) is 11.8 Å². The largest absolute Gasteiger partial charge is 0.508 e. The van der Waals surface area contributed by atoms with E-state index in [1.165, 1.54) is 11.6 Å². The quantitative estimate of drug-likeness (QED) is 0.717. The molecule has 5 heteroatoms. The molecule has 4 nitrogen and oxygen atoms in total. The molecule has 1 atom stereocenters. The van der Waals surface area contributed by atoms with Crippen molar-refractivity contribution >= 4 is 27.8 Å². The fraction of sp³-hybridized carbons (Fsp3) is 0.158. The molecule has 1 unspecified atom stereocenters. The Balaban J connectivity index is 1.73. The van der Waals surface area contributed by atoms with Crippen molar-refractivity contribution in [3.63, 3.8) is 0 Å². The van der Waals surface area contributed by atoms with Crippen LogP contribution in [-0.4, -0.2) is 15.9 Å². The van der Waals surface area contributed by atoms with Crippen LogP contribution >= 0.6 is 11.8 Å². The maximum Gasteiger partial charge on any atom is 0.346 e. The van der Waals surface area contributed by atoms with E-state index in [9.17, 15) is 9.90 Å². The Morgan fingerprint density at radius 2 is 1.96 bits per heavy atom. The van der Waals surface area contributed by atoms with Gasteiger partial charge in [-0.1, -0.05) is 29.8 Å². The first-order valence-electron chi connectivity index (χ1n) is 7.64. The van der Waals surface area contributed by atoms with Crippen molar-refractivity contribution in [2.45, 2.75) is 13.0 Å². The third kappa shape index (κ3) is 2.71. The van der Waals surface area contributed by atoms with Crippen molar-refractivity contribution in [2.75, 3.05) is 5.75 Å². The van der Waals surface area contributed by atoms with Crippen LogP contribution in [0.3, 0.4) is 0 Å². The number of rotatable bonds is 2. The van der Waals surface area contributed by atoms with Crippen LogP contribution in [-0.2, 0) is 0 Å². The molecule has 0 bridgehead atoms. The van der Waals surface area contributed by atoms with E-state index in [4.69, 9.17) is 9.41 Å². The average Bonchev–Trinajstić information content (AvgIpc) is 3.04. The number of hydrogen-bond acceptors (Lipinski definition) is 5. The van der Waals surface area contributed by atoms with Gasteiger partial charge in [0.1, 0.15) is 16.4 Å². The number of phenols is 1. The molecular weight excluding hydrogens is 322 g/mol. The van der Waals surface area contributed by atoms with Crippen molar-refractivity contribution in [3.8, 4) is 5.75 Å². The molecule has 3 aromatic rings. The molecule has 0 aliphatic carbocycles. The van der Waals surface area contributed by atoms with Crippen LogP contribution in [0.5, 0.6) is 5.75 Å². The molecule has 24 heavy (non-hydrogen) atoms. The lowest BCUT2D eigenvalue weighted by atomic mass is 10.1. The van der Waals surface area contributed by atoms with E-state index in [0.717, 1.165) is 16.7 Å². The van der Waals surface area contributed by atoms with E-state index in [1.807, 2.05) is 0 Å². The predicted molar refractivity (Wildman–Crippen MR) is 97.1 cm³/mol. The summed E-state index contributed by atoms with van der Waals surface area (Å²) in [6, 6.07) is 14.9. The molecule has 0 saturated heterocycles. The summed E-state index contributed by atoms with van der Waals surface area (Å²) in [4.78, 5) is 17.0. The van der Waals surface area contributed by atoms with Crippen molar-refractivity contribution < 1.29 is 9.52 Å². The number of fused-ring (bicyclic) bond motifs is 1.